The van der Waals surface area contributed by atoms with Gasteiger partial charge < -0.3 is 15.4 Å². The van der Waals surface area contributed by atoms with Crippen LogP contribution < -0.4 is 10.6 Å². The lowest BCUT2D eigenvalue weighted by Gasteiger charge is -2.11. The number of hydrogen-bond acceptors (Lipinski definition) is 5. The molecule has 0 unspecified atom stereocenters. The smallest absolute Gasteiger partial charge is 0.241 e. The average molecular weight is 392 g/mol. The van der Waals surface area contributed by atoms with Gasteiger partial charge in [0.15, 0.2) is 0 Å². The molecule has 0 atom stereocenters. The summed E-state index contributed by atoms with van der Waals surface area (Å²) in [6.07, 6.45) is 0.118. The van der Waals surface area contributed by atoms with E-state index in [9.17, 15) is 14.0 Å². The molecule has 7 nitrogen and oxygen atoms in total. The summed E-state index contributed by atoms with van der Waals surface area (Å²) < 4.78 is 19.5. The number of nitrogens with one attached hydrogen (secondary N) is 2. The van der Waals surface area contributed by atoms with E-state index in [0.717, 1.165) is 22.8 Å². The summed E-state index contributed by atoms with van der Waals surface area (Å²) >= 11 is 1.71. The van der Waals surface area contributed by atoms with Crippen molar-refractivity contribution in [1.29, 1.82) is 0 Å². The maximum atomic E-state index is 13.0. The molecule has 0 saturated carbocycles. The highest BCUT2D eigenvalue weighted by Gasteiger charge is 2.24. The van der Waals surface area contributed by atoms with Gasteiger partial charge in [0.1, 0.15) is 18.2 Å². The van der Waals surface area contributed by atoms with Gasteiger partial charge in [0.2, 0.25) is 11.8 Å². The standard InChI is InChI=1S/C18H21FN4O3S/c1-26-7-6-20-17(25)9-23-18(14-10-27-11-15(14)22-23)21-16(24)8-12-2-4-13(19)5-3-12/h2-5H,6-11H2,1H3,(H,20,25)(H,21,24). The van der Waals surface area contributed by atoms with E-state index in [0.29, 0.717) is 24.5 Å². The molecule has 27 heavy (non-hydrogen) atoms. The summed E-state index contributed by atoms with van der Waals surface area (Å²) in [6.45, 7) is 0.866. The molecule has 0 aliphatic carbocycles. The Hall–Kier alpha value is -2.39. The van der Waals surface area contributed by atoms with Crippen molar-refractivity contribution in [3.63, 3.8) is 0 Å². The van der Waals surface area contributed by atoms with Crippen LogP contribution in [0.5, 0.6) is 0 Å². The second-order valence-corrected chi connectivity index (χ2v) is 7.10. The third-order valence-corrected chi connectivity index (χ3v) is 5.05. The first-order chi connectivity index (χ1) is 13.1. The third kappa shape index (κ3) is 5.08. The van der Waals surface area contributed by atoms with Crippen molar-refractivity contribution in [2.24, 2.45) is 0 Å². The van der Waals surface area contributed by atoms with Gasteiger partial charge in [-0.25, -0.2) is 9.07 Å². The highest BCUT2D eigenvalue weighted by atomic mass is 32.2. The Kier molecular flexibility index (Phi) is 6.46. The molecule has 2 heterocycles. The number of carbonyl (C=O) groups excluding carboxylic acids is 2. The summed E-state index contributed by atoms with van der Waals surface area (Å²) in [5.41, 5.74) is 2.56. The predicted octanol–water partition coefficient (Wildman–Crippen LogP) is 1.71. The van der Waals surface area contributed by atoms with Crippen molar-refractivity contribution >= 4 is 29.4 Å². The van der Waals surface area contributed by atoms with Crippen LogP contribution in [0.3, 0.4) is 0 Å². The number of amides is 2. The number of anilines is 1. The molecule has 0 bridgehead atoms. The number of methoxy groups -OCH3 is 1. The van der Waals surface area contributed by atoms with Crippen LogP contribution >= 0.6 is 11.8 Å². The van der Waals surface area contributed by atoms with Gasteiger partial charge in [0, 0.05) is 30.7 Å². The molecule has 0 fully saturated rings. The lowest BCUT2D eigenvalue weighted by molar-refractivity contribution is -0.122. The summed E-state index contributed by atoms with van der Waals surface area (Å²) in [6, 6.07) is 5.81. The topological polar surface area (TPSA) is 85.2 Å². The van der Waals surface area contributed by atoms with E-state index >= 15 is 0 Å². The number of carbonyl (C=O) groups is 2. The fourth-order valence-corrected chi connectivity index (χ4v) is 3.80. The van der Waals surface area contributed by atoms with E-state index in [1.807, 2.05) is 0 Å². The van der Waals surface area contributed by atoms with Crippen molar-refractivity contribution in [3.8, 4) is 0 Å². The van der Waals surface area contributed by atoms with E-state index in [4.69, 9.17) is 4.74 Å². The molecule has 0 radical (unpaired) electrons. The van der Waals surface area contributed by atoms with E-state index in [1.165, 1.54) is 16.8 Å². The SMILES string of the molecule is COCCNC(=O)Cn1nc2c(c1NC(=O)Cc1ccc(F)cc1)CSC2. The van der Waals surface area contributed by atoms with Crippen molar-refractivity contribution in [3.05, 3.63) is 46.9 Å². The summed E-state index contributed by atoms with van der Waals surface area (Å²) in [5.74, 6) is 1.29. The van der Waals surface area contributed by atoms with Crippen molar-refractivity contribution in [2.45, 2.75) is 24.5 Å². The second-order valence-electron chi connectivity index (χ2n) is 6.12. The van der Waals surface area contributed by atoms with E-state index in [2.05, 4.69) is 15.7 Å². The minimum absolute atomic E-state index is 0.0214. The molecular formula is C18H21FN4O3S. The number of ether oxygens (including phenoxy) is 1. The van der Waals surface area contributed by atoms with Gasteiger partial charge in [-0.05, 0) is 17.7 Å². The average Bonchev–Trinajstić information content (AvgIpc) is 3.20. The maximum Gasteiger partial charge on any atom is 0.241 e. The quantitative estimate of drug-likeness (QED) is 0.668. The largest absolute Gasteiger partial charge is 0.383 e. The zero-order valence-electron chi connectivity index (χ0n) is 15.0. The van der Waals surface area contributed by atoms with Crippen molar-refractivity contribution in [1.82, 2.24) is 15.1 Å². The summed E-state index contributed by atoms with van der Waals surface area (Å²) in [4.78, 5) is 24.5. The first-order valence-electron chi connectivity index (χ1n) is 8.53. The first-order valence-corrected chi connectivity index (χ1v) is 9.68. The lowest BCUT2D eigenvalue weighted by Crippen LogP contribution is -2.31. The molecule has 1 aliphatic rings. The van der Waals surface area contributed by atoms with Crippen LogP contribution in [0.4, 0.5) is 10.2 Å². The van der Waals surface area contributed by atoms with Crippen LogP contribution in [-0.4, -0.2) is 41.9 Å². The molecule has 3 rings (SSSR count). The zero-order chi connectivity index (χ0) is 19.2. The van der Waals surface area contributed by atoms with E-state index < -0.39 is 0 Å². The van der Waals surface area contributed by atoms with Gasteiger partial charge in [-0.2, -0.15) is 16.9 Å². The van der Waals surface area contributed by atoms with Gasteiger partial charge in [0.25, 0.3) is 0 Å². The van der Waals surface area contributed by atoms with Gasteiger partial charge in [-0.1, -0.05) is 12.1 Å². The molecule has 9 heteroatoms. The minimum atomic E-state index is -0.341. The summed E-state index contributed by atoms with van der Waals surface area (Å²) in [7, 11) is 1.57. The number of aromatic nitrogens is 2. The van der Waals surface area contributed by atoms with Gasteiger partial charge in [-0.3, -0.25) is 9.59 Å². The van der Waals surface area contributed by atoms with Crippen LogP contribution in [0.25, 0.3) is 0 Å². The maximum absolute atomic E-state index is 13.0. The van der Waals surface area contributed by atoms with Gasteiger partial charge >= 0.3 is 0 Å². The second kappa shape index (κ2) is 9.01. The molecule has 1 aromatic carbocycles. The van der Waals surface area contributed by atoms with Crippen LogP contribution in [-0.2, 0) is 38.8 Å². The van der Waals surface area contributed by atoms with Gasteiger partial charge in [0.05, 0.1) is 18.7 Å². The molecule has 2 amide bonds. The number of halogens is 1. The van der Waals surface area contributed by atoms with Crippen LogP contribution in [0.1, 0.15) is 16.8 Å². The molecule has 0 saturated heterocycles. The Bertz CT molecular complexity index is 823. The highest BCUT2D eigenvalue weighted by molar-refractivity contribution is 7.98. The Balaban J connectivity index is 1.69. The number of fused-ring (bicyclic) bond motifs is 1. The predicted molar refractivity (Wildman–Crippen MR) is 101 cm³/mol. The Morgan fingerprint density at radius 1 is 1.26 bits per heavy atom. The zero-order valence-corrected chi connectivity index (χ0v) is 15.8. The van der Waals surface area contributed by atoms with Crippen LogP contribution in [0.2, 0.25) is 0 Å². The molecule has 2 N–H and O–H groups in total. The van der Waals surface area contributed by atoms with Crippen molar-refractivity contribution in [2.75, 3.05) is 25.6 Å². The van der Waals surface area contributed by atoms with E-state index in [1.54, 1.807) is 31.0 Å². The molecule has 2 aromatic rings. The Morgan fingerprint density at radius 3 is 2.78 bits per heavy atom. The number of rotatable bonds is 8. The third-order valence-electron chi connectivity index (χ3n) is 4.08. The minimum Gasteiger partial charge on any atom is -0.383 e. The molecular weight excluding hydrogens is 371 g/mol. The fourth-order valence-electron chi connectivity index (χ4n) is 2.77. The highest BCUT2D eigenvalue weighted by Crippen LogP contribution is 2.34. The fraction of sp³-hybridized carbons (Fsp3) is 0.389. The summed E-state index contributed by atoms with van der Waals surface area (Å²) in [5, 5.41) is 10.1. The Morgan fingerprint density at radius 2 is 2.04 bits per heavy atom. The number of hydrogen-bond donors (Lipinski definition) is 2. The molecule has 1 aromatic heterocycles. The van der Waals surface area contributed by atoms with Crippen LogP contribution in [0, 0.1) is 5.82 Å². The van der Waals surface area contributed by atoms with E-state index in [-0.39, 0.29) is 30.6 Å². The molecule has 1 aliphatic heterocycles. The number of benzene rings is 1. The van der Waals surface area contributed by atoms with Gasteiger partial charge in [-0.15, -0.1) is 0 Å². The van der Waals surface area contributed by atoms with Crippen molar-refractivity contribution < 1.29 is 18.7 Å². The Labute approximate surface area is 160 Å². The monoisotopic (exact) mass is 392 g/mol. The normalized spacial score (nSPS) is 12.7. The number of thioether (sulfide) groups is 1. The molecule has 0 spiro atoms. The molecule has 144 valence electrons. The lowest BCUT2D eigenvalue weighted by atomic mass is 10.1. The number of nitrogens with zero attached hydrogens (tertiary/aromatic N) is 2. The van der Waals surface area contributed by atoms with Crippen LogP contribution in [0.15, 0.2) is 24.3 Å². The first kappa shape index (κ1) is 19.4.